The predicted molar refractivity (Wildman–Crippen MR) is 29.6 cm³/mol. The van der Waals surface area contributed by atoms with Crippen LogP contribution in [0, 0.1) is 5.92 Å². The minimum Gasteiger partial charge on any atom is -0.361 e. The van der Waals surface area contributed by atoms with Crippen LogP contribution in [0.4, 0.5) is 0 Å². The smallest absolute Gasteiger partial charge is 0.151 e. The van der Waals surface area contributed by atoms with Crippen LogP contribution in [0.1, 0.15) is 13.8 Å². The number of carbonyl (C=O) groups excluding carboxylic acids is 1. The van der Waals surface area contributed by atoms with E-state index in [0.717, 1.165) is 6.29 Å². The molecular weight excluding hydrogens is 104 g/mol. The van der Waals surface area contributed by atoms with Crippen molar-refractivity contribution in [2.75, 3.05) is 0 Å². The van der Waals surface area contributed by atoms with Gasteiger partial charge in [-0.1, -0.05) is 13.8 Å². The molecule has 0 N–H and O–H groups in total. The summed E-state index contributed by atoms with van der Waals surface area (Å²) in [6, 6.07) is 0. The first-order chi connectivity index (χ1) is 3.75. The first kappa shape index (κ1) is 5.76. The molecule has 0 spiro atoms. The molecule has 0 aliphatic carbocycles. The Kier molecular flexibility index (Phi) is 1.34. The molecule has 1 saturated heterocycles. The van der Waals surface area contributed by atoms with Gasteiger partial charge in [0.15, 0.2) is 6.29 Å². The van der Waals surface area contributed by atoms with E-state index < -0.39 is 0 Å². The van der Waals surface area contributed by atoms with Crippen molar-refractivity contribution >= 4 is 6.29 Å². The minimum absolute atomic E-state index is 0.0880. The maximum absolute atomic E-state index is 9.96. The molecule has 0 aromatic rings. The van der Waals surface area contributed by atoms with Crippen LogP contribution in [0.15, 0.2) is 0 Å². The molecule has 1 heterocycles. The van der Waals surface area contributed by atoms with Crippen molar-refractivity contribution in [3.63, 3.8) is 0 Å². The van der Waals surface area contributed by atoms with E-state index in [1.54, 1.807) is 0 Å². The first-order valence-corrected chi connectivity index (χ1v) is 2.86. The van der Waals surface area contributed by atoms with Gasteiger partial charge >= 0.3 is 0 Å². The summed E-state index contributed by atoms with van der Waals surface area (Å²) in [6.45, 7) is 4.10. The molecule has 2 nitrogen and oxygen atoms in total. The fourth-order valence-electron chi connectivity index (χ4n) is 0.782. The maximum atomic E-state index is 9.96. The van der Waals surface area contributed by atoms with Gasteiger partial charge in [0.1, 0.15) is 6.10 Å². The number of rotatable bonds is 2. The zero-order valence-corrected chi connectivity index (χ0v) is 5.13. The van der Waals surface area contributed by atoms with Crippen LogP contribution in [-0.4, -0.2) is 18.5 Å². The second-order valence-electron chi connectivity index (χ2n) is 2.45. The number of carbonyl (C=O) groups is 1. The molecular formula is C6H10O2. The lowest BCUT2D eigenvalue weighted by Gasteiger charge is -1.92. The molecule has 0 unspecified atom stereocenters. The first-order valence-electron chi connectivity index (χ1n) is 2.86. The predicted octanol–water partition coefficient (Wildman–Crippen LogP) is 0.609. The van der Waals surface area contributed by atoms with Crippen molar-refractivity contribution in [3.8, 4) is 0 Å². The lowest BCUT2D eigenvalue weighted by molar-refractivity contribution is -0.108. The Morgan fingerprint density at radius 3 is 2.38 bits per heavy atom. The van der Waals surface area contributed by atoms with Crippen molar-refractivity contribution in [1.29, 1.82) is 0 Å². The molecule has 0 radical (unpaired) electrons. The van der Waals surface area contributed by atoms with Gasteiger partial charge in [0, 0.05) is 0 Å². The SMILES string of the molecule is CC(C)[C@H]1O[C@@H]1C=O. The number of hydrogen-bond donors (Lipinski definition) is 0. The Morgan fingerprint density at radius 2 is 2.25 bits per heavy atom. The summed E-state index contributed by atoms with van der Waals surface area (Å²) in [4.78, 5) is 9.96. The normalized spacial score (nSPS) is 35.4. The van der Waals surface area contributed by atoms with Gasteiger partial charge in [-0.3, -0.25) is 0 Å². The molecule has 0 amide bonds. The molecule has 1 aliphatic rings. The Bertz CT molecular complexity index is 98.7. The van der Waals surface area contributed by atoms with Gasteiger partial charge in [-0.2, -0.15) is 0 Å². The zero-order valence-electron chi connectivity index (χ0n) is 5.13. The molecule has 2 heteroatoms. The third-order valence-corrected chi connectivity index (χ3v) is 1.35. The summed E-state index contributed by atoms with van der Waals surface area (Å²) in [5.41, 5.74) is 0. The highest BCUT2D eigenvalue weighted by Gasteiger charge is 2.40. The molecule has 0 aromatic heterocycles. The summed E-state index contributed by atoms with van der Waals surface area (Å²) in [5.74, 6) is 0.491. The second-order valence-corrected chi connectivity index (χ2v) is 2.45. The summed E-state index contributed by atoms with van der Waals surface area (Å²) in [6.07, 6.45) is 0.993. The van der Waals surface area contributed by atoms with Gasteiger partial charge in [0.2, 0.25) is 0 Å². The molecule has 0 bridgehead atoms. The van der Waals surface area contributed by atoms with E-state index in [-0.39, 0.29) is 12.2 Å². The van der Waals surface area contributed by atoms with E-state index in [2.05, 4.69) is 0 Å². The van der Waals surface area contributed by atoms with Crippen LogP contribution >= 0.6 is 0 Å². The highest BCUT2D eigenvalue weighted by Crippen LogP contribution is 2.26. The Balaban J connectivity index is 2.26. The molecule has 1 fully saturated rings. The van der Waals surface area contributed by atoms with Crippen molar-refractivity contribution in [2.45, 2.75) is 26.1 Å². The highest BCUT2D eigenvalue weighted by molar-refractivity contribution is 5.60. The van der Waals surface area contributed by atoms with Crippen LogP contribution in [0.3, 0.4) is 0 Å². The molecule has 8 heavy (non-hydrogen) atoms. The van der Waals surface area contributed by atoms with E-state index in [1.165, 1.54) is 0 Å². The number of ether oxygens (including phenoxy) is 1. The standard InChI is InChI=1S/C6H10O2/c1-4(2)6-5(3-7)8-6/h3-6H,1-2H3/t5-,6-/m1/s1. The number of hydrogen-bond acceptors (Lipinski definition) is 2. The van der Waals surface area contributed by atoms with Crippen molar-refractivity contribution in [2.24, 2.45) is 5.92 Å². The van der Waals surface area contributed by atoms with E-state index in [9.17, 15) is 4.79 Å². The lowest BCUT2D eigenvalue weighted by atomic mass is 10.1. The monoisotopic (exact) mass is 114 g/mol. The van der Waals surface area contributed by atoms with E-state index in [4.69, 9.17) is 4.74 Å². The summed E-state index contributed by atoms with van der Waals surface area (Å²) < 4.78 is 4.96. The van der Waals surface area contributed by atoms with Crippen LogP contribution in [-0.2, 0) is 9.53 Å². The zero-order chi connectivity index (χ0) is 6.15. The summed E-state index contributed by atoms with van der Waals surface area (Å²) >= 11 is 0. The average Bonchev–Trinajstić information content (AvgIpc) is 2.42. The van der Waals surface area contributed by atoms with Gasteiger partial charge in [0.25, 0.3) is 0 Å². The minimum atomic E-state index is -0.0880. The third-order valence-electron chi connectivity index (χ3n) is 1.35. The number of aldehydes is 1. The quantitative estimate of drug-likeness (QED) is 0.389. The van der Waals surface area contributed by atoms with E-state index in [0.29, 0.717) is 5.92 Å². The Morgan fingerprint density at radius 1 is 1.62 bits per heavy atom. The Hall–Kier alpha value is -0.370. The third kappa shape index (κ3) is 0.892. The van der Waals surface area contributed by atoms with Crippen LogP contribution in [0.25, 0.3) is 0 Å². The fraction of sp³-hybridized carbons (Fsp3) is 0.833. The van der Waals surface area contributed by atoms with Crippen LogP contribution in [0.2, 0.25) is 0 Å². The largest absolute Gasteiger partial charge is 0.361 e. The molecule has 46 valence electrons. The molecule has 0 saturated carbocycles. The van der Waals surface area contributed by atoms with E-state index in [1.807, 2.05) is 13.8 Å². The molecule has 1 aliphatic heterocycles. The highest BCUT2D eigenvalue weighted by atomic mass is 16.6. The molecule has 0 aromatic carbocycles. The lowest BCUT2D eigenvalue weighted by Crippen LogP contribution is -2.02. The van der Waals surface area contributed by atoms with Crippen molar-refractivity contribution < 1.29 is 9.53 Å². The average molecular weight is 114 g/mol. The Labute approximate surface area is 48.8 Å². The number of epoxide rings is 1. The van der Waals surface area contributed by atoms with Gasteiger partial charge < -0.3 is 9.53 Å². The van der Waals surface area contributed by atoms with Gasteiger partial charge in [-0.05, 0) is 5.92 Å². The summed E-state index contributed by atoms with van der Waals surface area (Å²) in [5, 5.41) is 0. The van der Waals surface area contributed by atoms with Crippen molar-refractivity contribution in [1.82, 2.24) is 0 Å². The van der Waals surface area contributed by atoms with Gasteiger partial charge in [0.05, 0.1) is 6.10 Å². The van der Waals surface area contributed by atoms with Crippen molar-refractivity contribution in [3.05, 3.63) is 0 Å². The van der Waals surface area contributed by atoms with Crippen LogP contribution in [0.5, 0.6) is 0 Å². The maximum Gasteiger partial charge on any atom is 0.151 e. The van der Waals surface area contributed by atoms with Gasteiger partial charge in [-0.15, -0.1) is 0 Å². The summed E-state index contributed by atoms with van der Waals surface area (Å²) in [7, 11) is 0. The topological polar surface area (TPSA) is 29.6 Å². The molecule has 1 rings (SSSR count). The van der Waals surface area contributed by atoms with E-state index >= 15 is 0 Å². The van der Waals surface area contributed by atoms with Crippen LogP contribution < -0.4 is 0 Å². The van der Waals surface area contributed by atoms with Gasteiger partial charge in [-0.25, -0.2) is 0 Å². The molecule has 2 atom stereocenters. The fourth-order valence-corrected chi connectivity index (χ4v) is 0.782. The second kappa shape index (κ2) is 1.86.